The molecule has 0 spiro atoms. The van der Waals surface area contributed by atoms with Gasteiger partial charge in [-0.15, -0.1) is 21.5 Å². The number of rotatable bonds is 6. The van der Waals surface area contributed by atoms with Gasteiger partial charge in [-0.2, -0.15) is 0 Å². The van der Waals surface area contributed by atoms with E-state index in [1.165, 1.54) is 11.3 Å². The Bertz CT molecular complexity index is 535. The lowest BCUT2D eigenvalue weighted by Gasteiger charge is -2.05. The summed E-state index contributed by atoms with van der Waals surface area (Å²) in [7, 11) is 0. The van der Waals surface area contributed by atoms with Crippen molar-refractivity contribution in [3.63, 3.8) is 0 Å². The number of thiophene rings is 1. The molecular weight excluding hydrogens is 252 g/mol. The van der Waals surface area contributed by atoms with E-state index in [0.29, 0.717) is 18.0 Å². The molecule has 0 radical (unpaired) electrons. The summed E-state index contributed by atoms with van der Waals surface area (Å²) in [5.41, 5.74) is 0.801. The van der Waals surface area contributed by atoms with Gasteiger partial charge in [0.15, 0.2) is 0 Å². The third-order valence-electron chi connectivity index (χ3n) is 2.58. The minimum atomic E-state index is -0.876. The Morgan fingerprint density at radius 1 is 1.56 bits per heavy atom. The largest absolute Gasteiger partial charge is 0.477 e. The third-order valence-corrected chi connectivity index (χ3v) is 3.52. The third kappa shape index (κ3) is 2.74. The summed E-state index contributed by atoms with van der Waals surface area (Å²) in [5, 5.41) is 21.8. The number of aromatic carboxylic acids is 1. The first-order chi connectivity index (χ1) is 8.72. The molecule has 0 aromatic carbocycles. The summed E-state index contributed by atoms with van der Waals surface area (Å²) in [5.74, 6) is -0.0249. The number of carbonyl (C=O) groups is 1. The molecule has 18 heavy (non-hydrogen) atoms. The second-order valence-corrected chi connectivity index (χ2v) is 4.63. The molecular formula is C11H14N4O2S. The van der Waals surface area contributed by atoms with Crippen molar-refractivity contribution in [2.45, 2.75) is 26.6 Å². The molecule has 0 aliphatic carbocycles. The molecule has 0 atom stereocenters. The van der Waals surface area contributed by atoms with Crippen LogP contribution in [-0.2, 0) is 19.6 Å². The van der Waals surface area contributed by atoms with Gasteiger partial charge in [0, 0.05) is 13.1 Å². The number of hydrogen-bond acceptors (Lipinski definition) is 5. The van der Waals surface area contributed by atoms with E-state index in [4.69, 9.17) is 5.11 Å². The fourth-order valence-corrected chi connectivity index (χ4v) is 2.41. The van der Waals surface area contributed by atoms with Crippen molar-refractivity contribution >= 4 is 17.3 Å². The van der Waals surface area contributed by atoms with Crippen LogP contribution in [0, 0.1) is 0 Å². The van der Waals surface area contributed by atoms with Crippen LogP contribution >= 0.6 is 11.3 Å². The van der Waals surface area contributed by atoms with E-state index in [1.54, 1.807) is 11.7 Å². The minimum absolute atomic E-state index is 0.388. The Hall–Kier alpha value is -1.73. The second kappa shape index (κ2) is 5.74. The first kappa shape index (κ1) is 12.7. The van der Waals surface area contributed by atoms with Gasteiger partial charge >= 0.3 is 5.97 Å². The van der Waals surface area contributed by atoms with Crippen LogP contribution in [0.25, 0.3) is 0 Å². The summed E-state index contributed by atoms with van der Waals surface area (Å²) in [6.45, 7) is 3.93. The molecule has 2 rings (SSSR count). The van der Waals surface area contributed by atoms with E-state index >= 15 is 0 Å². The molecule has 2 N–H and O–H groups in total. The summed E-state index contributed by atoms with van der Waals surface area (Å²) >= 11 is 1.24. The lowest BCUT2D eigenvalue weighted by molar-refractivity contribution is 0.0701. The smallest absolute Gasteiger partial charge is 0.346 e. The molecule has 2 aromatic heterocycles. The van der Waals surface area contributed by atoms with Crippen LogP contribution in [0.4, 0.5) is 0 Å². The normalized spacial score (nSPS) is 10.7. The van der Waals surface area contributed by atoms with Gasteiger partial charge in [-0.25, -0.2) is 4.79 Å². The first-order valence-corrected chi connectivity index (χ1v) is 6.47. The van der Waals surface area contributed by atoms with Crippen molar-refractivity contribution in [1.82, 2.24) is 20.1 Å². The molecule has 2 aromatic rings. The SMILES string of the molecule is CCn1cnnc1CNCc1ccsc1C(=O)O. The van der Waals surface area contributed by atoms with Gasteiger partial charge in [0.2, 0.25) is 0 Å². The van der Waals surface area contributed by atoms with Crippen molar-refractivity contribution in [2.75, 3.05) is 0 Å². The topological polar surface area (TPSA) is 80.0 Å². The van der Waals surface area contributed by atoms with Crippen LogP contribution in [0.1, 0.15) is 28.0 Å². The quantitative estimate of drug-likeness (QED) is 0.825. The zero-order valence-electron chi connectivity index (χ0n) is 9.96. The highest BCUT2D eigenvalue weighted by atomic mass is 32.1. The lowest BCUT2D eigenvalue weighted by atomic mass is 10.2. The predicted molar refractivity (Wildman–Crippen MR) is 67.5 cm³/mol. The lowest BCUT2D eigenvalue weighted by Crippen LogP contribution is -2.17. The highest BCUT2D eigenvalue weighted by Gasteiger charge is 2.11. The number of aryl methyl sites for hydroxylation is 1. The fraction of sp³-hybridized carbons (Fsp3) is 0.364. The molecule has 0 amide bonds. The monoisotopic (exact) mass is 266 g/mol. The predicted octanol–water partition coefficient (Wildman–Crippen LogP) is 1.35. The summed E-state index contributed by atoms with van der Waals surface area (Å²) in [4.78, 5) is 11.3. The molecule has 0 fully saturated rings. The van der Waals surface area contributed by atoms with E-state index in [9.17, 15) is 4.79 Å². The Kier molecular flexibility index (Phi) is 4.06. The minimum Gasteiger partial charge on any atom is -0.477 e. The van der Waals surface area contributed by atoms with E-state index in [1.807, 2.05) is 17.6 Å². The molecule has 0 aliphatic heterocycles. The molecule has 0 saturated carbocycles. The summed E-state index contributed by atoms with van der Waals surface area (Å²) < 4.78 is 1.94. The van der Waals surface area contributed by atoms with Gasteiger partial charge in [-0.3, -0.25) is 0 Å². The van der Waals surface area contributed by atoms with Crippen molar-refractivity contribution in [1.29, 1.82) is 0 Å². The van der Waals surface area contributed by atoms with Crippen LogP contribution < -0.4 is 5.32 Å². The number of hydrogen-bond donors (Lipinski definition) is 2. The molecule has 0 bridgehead atoms. The van der Waals surface area contributed by atoms with Crippen LogP contribution in [0.15, 0.2) is 17.8 Å². The van der Waals surface area contributed by atoms with Crippen LogP contribution in [0.2, 0.25) is 0 Å². The fourth-order valence-electron chi connectivity index (χ4n) is 1.65. The molecule has 6 nitrogen and oxygen atoms in total. The van der Waals surface area contributed by atoms with Gasteiger partial charge in [0.1, 0.15) is 17.0 Å². The van der Waals surface area contributed by atoms with Gasteiger partial charge in [-0.05, 0) is 23.9 Å². The maximum absolute atomic E-state index is 10.9. The molecule has 0 saturated heterocycles. The van der Waals surface area contributed by atoms with E-state index in [2.05, 4.69) is 15.5 Å². The Morgan fingerprint density at radius 2 is 2.39 bits per heavy atom. The number of nitrogens with one attached hydrogen (secondary N) is 1. The highest BCUT2D eigenvalue weighted by molar-refractivity contribution is 7.12. The highest BCUT2D eigenvalue weighted by Crippen LogP contribution is 2.16. The Balaban J connectivity index is 1.92. The summed E-state index contributed by atoms with van der Waals surface area (Å²) in [6, 6.07) is 1.83. The van der Waals surface area contributed by atoms with Crippen molar-refractivity contribution in [3.05, 3.63) is 34.0 Å². The molecule has 96 valence electrons. The average Bonchev–Trinajstić information content (AvgIpc) is 2.97. The number of nitrogens with zero attached hydrogens (tertiary/aromatic N) is 3. The standard InChI is InChI=1S/C11H14N4O2S/c1-2-15-7-13-14-9(15)6-12-5-8-3-4-18-10(8)11(16)17/h3-4,7,12H,2,5-6H2,1H3,(H,16,17). The van der Waals surface area contributed by atoms with Crippen LogP contribution in [0.5, 0.6) is 0 Å². The Morgan fingerprint density at radius 3 is 3.11 bits per heavy atom. The Labute approximate surface area is 108 Å². The van der Waals surface area contributed by atoms with Crippen molar-refractivity contribution < 1.29 is 9.90 Å². The van der Waals surface area contributed by atoms with Crippen molar-refractivity contribution in [3.8, 4) is 0 Å². The number of carboxylic acids is 1. The van der Waals surface area contributed by atoms with Crippen LogP contribution in [0.3, 0.4) is 0 Å². The maximum atomic E-state index is 10.9. The zero-order chi connectivity index (χ0) is 13.0. The van der Waals surface area contributed by atoms with Gasteiger partial charge in [-0.1, -0.05) is 0 Å². The molecule has 2 heterocycles. The summed E-state index contributed by atoms with van der Waals surface area (Å²) in [6.07, 6.45) is 1.68. The van der Waals surface area contributed by atoms with Gasteiger partial charge in [0.05, 0.1) is 6.54 Å². The number of carboxylic acid groups (broad SMARTS) is 1. The molecule has 0 unspecified atom stereocenters. The second-order valence-electron chi connectivity index (χ2n) is 3.72. The zero-order valence-corrected chi connectivity index (χ0v) is 10.8. The van der Waals surface area contributed by atoms with E-state index in [-0.39, 0.29) is 0 Å². The van der Waals surface area contributed by atoms with Gasteiger partial charge in [0.25, 0.3) is 0 Å². The van der Waals surface area contributed by atoms with Gasteiger partial charge < -0.3 is 15.0 Å². The van der Waals surface area contributed by atoms with E-state index < -0.39 is 5.97 Å². The van der Waals surface area contributed by atoms with E-state index in [0.717, 1.165) is 17.9 Å². The first-order valence-electron chi connectivity index (χ1n) is 5.59. The maximum Gasteiger partial charge on any atom is 0.346 e. The molecule has 7 heteroatoms. The van der Waals surface area contributed by atoms with Crippen LogP contribution in [-0.4, -0.2) is 25.8 Å². The van der Waals surface area contributed by atoms with Crippen molar-refractivity contribution in [2.24, 2.45) is 0 Å². The average molecular weight is 266 g/mol. The molecule has 0 aliphatic rings. The number of aromatic nitrogens is 3.